The topological polar surface area (TPSA) is 120 Å². The van der Waals surface area contributed by atoms with Gasteiger partial charge in [0.25, 0.3) is 0 Å². The van der Waals surface area contributed by atoms with E-state index in [4.69, 9.17) is 20.8 Å². The molecule has 1 aliphatic heterocycles. The molecule has 0 bridgehead atoms. The van der Waals surface area contributed by atoms with Gasteiger partial charge < -0.3 is 0 Å². The first-order chi connectivity index (χ1) is 8.97. The summed E-state index contributed by atoms with van der Waals surface area (Å²) in [5.74, 6) is -0.187. The number of carbonyl (C=O) groups excluding carboxylic acids is 1. The molecule has 0 saturated carbocycles. The summed E-state index contributed by atoms with van der Waals surface area (Å²) in [6, 6.07) is 0. The first kappa shape index (κ1) is 16.1. The van der Waals surface area contributed by atoms with Crippen LogP contribution >= 0.6 is 11.8 Å². The molecule has 1 aliphatic rings. The number of nitriles is 1. The summed E-state index contributed by atoms with van der Waals surface area (Å²) >= 11 is -0.466. The molecule has 4 N–H and O–H groups in total. The van der Waals surface area contributed by atoms with E-state index in [-0.39, 0.29) is 11.5 Å². The van der Waals surface area contributed by atoms with Crippen LogP contribution in [0, 0.1) is 11.5 Å². The number of nitrogens with zero attached hydrogens (tertiary/aromatic N) is 2. The quantitative estimate of drug-likeness (QED) is 0.360. The van der Waals surface area contributed by atoms with Gasteiger partial charge in [-0.15, -0.1) is 0 Å². The predicted octanol–water partition coefficient (Wildman–Crippen LogP) is -1.52. The fourth-order valence-corrected chi connectivity index (χ4v) is 6.44. The van der Waals surface area contributed by atoms with Gasteiger partial charge in [-0.25, -0.2) is 0 Å². The Hall–Kier alpha value is -0.950. The van der Waals surface area contributed by atoms with Crippen molar-refractivity contribution in [1.29, 1.82) is 5.26 Å². The van der Waals surface area contributed by atoms with E-state index in [1.807, 2.05) is 6.19 Å². The molecule has 0 aliphatic carbocycles. The zero-order chi connectivity index (χ0) is 14.4. The van der Waals surface area contributed by atoms with Gasteiger partial charge in [0.15, 0.2) is 0 Å². The first-order valence-electron chi connectivity index (χ1n) is 5.18. The van der Waals surface area contributed by atoms with Gasteiger partial charge in [0.1, 0.15) is 0 Å². The molecule has 0 aromatic carbocycles. The molecule has 1 atom stereocenters. The summed E-state index contributed by atoms with van der Waals surface area (Å²) in [7, 11) is 0. The van der Waals surface area contributed by atoms with Crippen molar-refractivity contribution in [2.24, 2.45) is 5.73 Å². The van der Waals surface area contributed by atoms with Crippen molar-refractivity contribution in [3.05, 3.63) is 23.4 Å². The van der Waals surface area contributed by atoms with E-state index in [2.05, 4.69) is 6.58 Å². The maximum atomic E-state index is 11.0. The van der Waals surface area contributed by atoms with Crippen molar-refractivity contribution in [1.82, 2.24) is 2.89 Å². The van der Waals surface area contributed by atoms with E-state index in [0.29, 0.717) is 5.76 Å². The summed E-state index contributed by atoms with van der Waals surface area (Å²) in [6.45, 7) is 3.04. The molecule has 1 amide bonds. The molecule has 0 aromatic heterocycles. The average Bonchev–Trinajstić information content (AvgIpc) is 2.78. The Labute approximate surface area is 125 Å². The van der Waals surface area contributed by atoms with Gasteiger partial charge >= 0.3 is 126 Å². The number of aliphatic hydroxyl groups excluding tert-OH is 2. The SMILES string of the molecule is C=C(S[C]1=[In][N](C#N)C=C1OCC(O)CO)C(N)=O. The van der Waals surface area contributed by atoms with Crippen LogP contribution in [0.1, 0.15) is 0 Å². The second-order valence-electron chi connectivity index (χ2n) is 3.53. The average molecular weight is 385 g/mol. The summed E-state index contributed by atoms with van der Waals surface area (Å²) in [5, 5.41) is 26.8. The first-order valence-corrected chi connectivity index (χ1v) is 9.12. The minimum absolute atomic E-state index is 0.0860. The van der Waals surface area contributed by atoms with Crippen LogP contribution in [-0.4, -0.2) is 63.6 Å². The van der Waals surface area contributed by atoms with Crippen LogP contribution in [-0.2, 0) is 9.53 Å². The van der Waals surface area contributed by atoms with Gasteiger partial charge in [-0.2, -0.15) is 0 Å². The molecule has 100 valence electrons. The third-order valence-electron chi connectivity index (χ3n) is 2.02. The zero-order valence-electron chi connectivity index (χ0n) is 9.94. The molecular weight excluding hydrogens is 373 g/mol. The number of amides is 1. The Bertz CT molecular complexity index is 486. The van der Waals surface area contributed by atoms with Crippen molar-refractivity contribution in [3.63, 3.8) is 0 Å². The van der Waals surface area contributed by atoms with E-state index in [9.17, 15) is 9.90 Å². The van der Waals surface area contributed by atoms with Gasteiger partial charge in [0, 0.05) is 0 Å². The summed E-state index contributed by atoms with van der Waals surface area (Å²) in [6.07, 6.45) is 2.54. The number of thioether (sulfide) groups is 1. The summed E-state index contributed by atoms with van der Waals surface area (Å²) < 4.78 is 7.61. The maximum absolute atomic E-state index is 11.0. The zero-order valence-corrected chi connectivity index (χ0v) is 14.1. The van der Waals surface area contributed by atoms with Gasteiger partial charge in [0.05, 0.1) is 0 Å². The van der Waals surface area contributed by atoms with Crippen molar-refractivity contribution in [2.45, 2.75) is 6.10 Å². The van der Waals surface area contributed by atoms with Gasteiger partial charge in [-0.05, 0) is 0 Å². The van der Waals surface area contributed by atoms with Crippen LogP contribution in [0.4, 0.5) is 0 Å². The molecule has 1 unspecified atom stereocenters. The van der Waals surface area contributed by atoms with Crippen LogP contribution < -0.4 is 5.73 Å². The molecule has 1 heterocycles. The fourth-order valence-electron chi connectivity index (χ4n) is 1.08. The Balaban J connectivity index is 2.72. The Morgan fingerprint density at radius 1 is 1.79 bits per heavy atom. The van der Waals surface area contributed by atoms with Crippen LogP contribution in [0.15, 0.2) is 23.4 Å². The van der Waals surface area contributed by atoms with Crippen LogP contribution in [0.5, 0.6) is 0 Å². The normalized spacial score (nSPS) is 14.9. The number of carbonyl (C=O) groups is 1. The summed E-state index contributed by atoms with van der Waals surface area (Å²) in [5.41, 5.74) is 5.11. The molecular formula is C10H12InN3O4S. The third kappa shape index (κ3) is 4.91. The minimum atomic E-state index is -1.57. The number of primary amides is 1. The molecule has 0 aromatic rings. The van der Waals surface area contributed by atoms with E-state index in [0.717, 1.165) is 14.3 Å². The molecule has 7 nitrogen and oxygen atoms in total. The standard InChI is InChI=1S/C10H13N3O4S.In/c1-7(10(12)16)18-5-9(2-13-6-11)17-4-8(15)3-14;/h2,8,11,14-15H,1,3-4H2,(H2,12,16);/q;+1/p-1. The second-order valence-corrected chi connectivity index (χ2v) is 9.83. The number of aliphatic hydroxyl groups is 2. The molecule has 19 heavy (non-hydrogen) atoms. The van der Waals surface area contributed by atoms with E-state index in [1.54, 1.807) is 0 Å². The van der Waals surface area contributed by atoms with Gasteiger partial charge in [-0.1, -0.05) is 0 Å². The number of rotatable bonds is 7. The molecule has 9 heteroatoms. The van der Waals surface area contributed by atoms with Crippen molar-refractivity contribution in [2.75, 3.05) is 13.2 Å². The fraction of sp³-hybridized carbons (Fsp3) is 0.300. The van der Waals surface area contributed by atoms with Crippen molar-refractivity contribution >= 4 is 43.0 Å². The Kier molecular flexibility index (Phi) is 6.44. The molecule has 0 radical (unpaired) electrons. The Morgan fingerprint density at radius 2 is 2.47 bits per heavy atom. The van der Waals surface area contributed by atoms with Crippen molar-refractivity contribution in [3.8, 4) is 6.19 Å². The Morgan fingerprint density at radius 3 is 3.00 bits per heavy atom. The molecule has 0 saturated heterocycles. The number of nitrogens with two attached hydrogens (primary N) is 1. The number of hydrogen-bond acceptors (Lipinski definition) is 7. The van der Waals surface area contributed by atoms with Crippen LogP contribution in [0.2, 0.25) is 0 Å². The number of ether oxygens (including phenoxy) is 1. The van der Waals surface area contributed by atoms with Gasteiger partial charge in [0.2, 0.25) is 0 Å². The molecule has 0 spiro atoms. The van der Waals surface area contributed by atoms with Gasteiger partial charge in [-0.3, -0.25) is 0 Å². The monoisotopic (exact) mass is 385 g/mol. The van der Waals surface area contributed by atoms with E-state index < -0.39 is 41.3 Å². The van der Waals surface area contributed by atoms with E-state index in [1.165, 1.54) is 9.09 Å². The van der Waals surface area contributed by atoms with Crippen LogP contribution in [0.25, 0.3) is 0 Å². The molecule has 1 rings (SSSR count). The van der Waals surface area contributed by atoms with Crippen molar-refractivity contribution < 1.29 is 19.7 Å². The predicted molar refractivity (Wildman–Crippen MR) is 71.3 cm³/mol. The number of hydrogen-bond donors (Lipinski definition) is 3. The summed E-state index contributed by atoms with van der Waals surface area (Å²) in [4.78, 5) is 11.1. The third-order valence-corrected chi connectivity index (χ3v) is 7.64. The molecule has 0 fully saturated rings. The van der Waals surface area contributed by atoms with E-state index >= 15 is 0 Å². The van der Waals surface area contributed by atoms with Crippen LogP contribution in [0.3, 0.4) is 0 Å². The second kappa shape index (κ2) is 7.59.